The maximum absolute atomic E-state index is 12.4. The first-order valence-corrected chi connectivity index (χ1v) is 4.67. The first kappa shape index (κ1) is 12.9. The van der Waals surface area contributed by atoms with E-state index in [1.54, 1.807) is 0 Å². The molecule has 0 aliphatic carbocycles. The van der Waals surface area contributed by atoms with E-state index in [0.717, 1.165) is 0 Å². The Labute approximate surface area is 100.0 Å². The van der Waals surface area contributed by atoms with Gasteiger partial charge in [0.05, 0.1) is 0 Å². The van der Waals surface area contributed by atoms with Crippen molar-refractivity contribution in [3.63, 3.8) is 0 Å². The van der Waals surface area contributed by atoms with Crippen LogP contribution in [0.1, 0.15) is 11.4 Å². The van der Waals surface area contributed by atoms with Crippen molar-refractivity contribution in [1.82, 2.24) is 14.6 Å². The van der Waals surface area contributed by atoms with Gasteiger partial charge >= 0.3 is 12.4 Å². The molecule has 0 spiro atoms. The van der Waals surface area contributed by atoms with Gasteiger partial charge in [0.15, 0.2) is 11.3 Å². The van der Waals surface area contributed by atoms with Gasteiger partial charge in [-0.15, -0.1) is 0 Å². The van der Waals surface area contributed by atoms with Gasteiger partial charge in [-0.1, -0.05) is 11.6 Å². The van der Waals surface area contributed by atoms with Gasteiger partial charge in [0.25, 0.3) is 0 Å². The lowest BCUT2D eigenvalue weighted by molar-refractivity contribution is -0.142. The molecule has 0 fully saturated rings. The van der Waals surface area contributed by atoms with E-state index in [1.165, 1.54) is 0 Å². The minimum Gasteiger partial charge on any atom is -0.224 e. The van der Waals surface area contributed by atoms with Crippen LogP contribution in [-0.2, 0) is 12.4 Å². The Bertz CT molecular complexity index is 599. The van der Waals surface area contributed by atoms with E-state index >= 15 is 0 Å². The van der Waals surface area contributed by atoms with E-state index < -0.39 is 34.5 Å². The van der Waals surface area contributed by atoms with E-state index in [-0.39, 0.29) is 0 Å². The summed E-state index contributed by atoms with van der Waals surface area (Å²) in [4.78, 5) is 3.03. The average Bonchev–Trinajstić information content (AvgIpc) is 2.59. The lowest BCUT2D eigenvalue weighted by Gasteiger charge is -2.06. The highest BCUT2D eigenvalue weighted by Crippen LogP contribution is 2.32. The molecule has 98 valence electrons. The monoisotopic (exact) mass is 289 g/mol. The van der Waals surface area contributed by atoms with Crippen LogP contribution in [0, 0.1) is 0 Å². The zero-order chi connectivity index (χ0) is 13.7. The fourth-order valence-electron chi connectivity index (χ4n) is 1.22. The van der Waals surface area contributed by atoms with Gasteiger partial charge < -0.3 is 0 Å². The smallest absolute Gasteiger partial charge is 0.224 e. The number of halogens is 7. The van der Waals surface area contributed by atoms with Crippen molar-refractivity contribution < 1.29 is 26.3 Å². The first-order valence-electron chi connectivity index (χ1n) is 4.30. The molecule has 0 bridgehead atoms. The lowest BCUT2D eigenvalue weighted by Crippen LogP contribution is -2.09. The van der Waals surface area contributed by atoms with Crippen LogP contribution in [-0.4, -0.2) is 14.6 Å². The number of alkyl halides is 6. The fourth-order valence-corrected chi connectivity index (χ4v) is 1.45. The number of aromatic nitrogens is 3. The molecule has 0 aliphatic heterocycles. The molecule has 10 heteroatoms. The van der Waals surface area contributed by atoms with Crippen LogP contribution in [0.2, 0.25) is 5.15 Å². The topological polar surface area (TPSA) is 30.2 Å². The predicted octanol–water partition coefficient (Wildman–Crippen LogP) is 3.42. The summed E-state index contributed by atoms with van der Waals surface area (Å²) in [5.74, 6) is 0. The minimum absolute atomic E-state index is 0.390. The van der Waals surface area contributed by atoms with Gasteiger partial charge in [-0.25, -0.2) is 9.50 Å². The summed E-state index contributed by atoms with van der Waals surface area (Å²) < 4.78 is 74.5. The second-order valence-electron chi connectivity index (χ2n) is 3.26. The van der Waals surface area contributed by atoms with Crippen molar-refractivity contribution >= 4 is 17.2 Å². The van der Waals surface area contributed by atoms with Crippen LogP contribution in [0.5, 0.6) is 0 Å². The van der Waals surface area contributed by atoms with Crippen LogP contribution < -0.4 is 0 Å². The molecule has 0 aromatic carbocycles. The molecule has 0 saturated carbocycles. The van der Waals surface area contributed by atoms with Crippen molar-refractivity contribution in [2.24, 2.45) is 0 Å². The van der Waals surface area contributed by atoms with Crippen molar-refractivity contribution in [1.29, 1.82) is 0 Å². The molecular weight excluding hydrogens is 288 g/mol. The maximum Gasteiger partial charge on any atom is 0.435 e. The van der Waals surface area contributed by atoms with Gasteiger partial charge in [0, 0.05) is 12.1 Å². The maximum atomic E-state index is 12.4. The first-order chi connectivity index (χ1) is 8.09. The third kappa shape index (κ3) is 2.22. The fraction of sp³-hybridized carbons (Fsp3) is 0.250. The highest BCUT2D eigenvalue weighted by molar-refractivity contribution is 6.29. The van der Waals surface area contributed by atoms with E-state index in [0.29, 0.717) is 16.6 Å². The molecule has 0 amide bonds. The summed E-state index contributed by atoms with van der Waals surface area (Å²) in [5.41, 5.74) is -3.37. The zero-order valence-electron chi connectivity index (χ0n) is 8.14. The quantitative estimate of drug-likeness (QED) is 0.549. The third-order valence-corrected chi connectivity index (χ3v) is 2.23. The Morgan fingerprint density at radius 3 is 2.00 bits per heavy atom. The number of nitrogens with zero attached hydrogens (tertiary/aromatic N) is 3. The SMILES string of the molecule is FC(F)(F)c1cc(Cl)n2nc(C(F)(F)F)cc2n1. The summed E-state index contributed by atoms with van der Waals surface area (Å²) >= 11 is 5.42. The van der Waals surface area contributed by atoms with E-state index in [9.17, 15) is 26.3 Å². The Kier molecular flexibility index (Phi) is 2.69. The molecule has 2 rings (SSSR count). The molecular formula is C8H2ClF6N3. The zero-order valence-corrected chi connectivity index (χ0v) is 8.90. The molecule has 3 nitrogen and oxygen atoms in total. The number of fused-ring (bicyclic) bond motifs is 1. The number of hydrogen-bond acceptors (Lipinski definition) is 2. The Morgan fingerprint density at radius 2 is 1.50 bits per heavy atom. The number of hydrogen-bond donors (Lipinski definition) is 0. The number of rotatable bonds is 0. The van der Waals surface area contributed by atoms with Crippen molar-refractivity contribution in [2.45, 2.75) is 12.4 Å². The third-order valence-electron chi connectivity index (χ3n) is 1.96. The van der Waals surface area contributed by atoms with Crippen molar-refractivity contribution in [3.8, 4) is 0 Å². The normalized spacial score (nSPS) is 13.3. The van der Waals surface area contributed by atoms with E-state index in [2.05, 4.69) is 10.1 Å². The molecule has 2 aromatic heterocycles. The van der Waals surface area contributed by atoms with Crippen LogP contribution in [0.4, 0.5) is 26.3 Å². The molecule has 0 atom stereocenters. The molecule has 0 aliphatic rings. The van der Waals surface area contributed by atoms with Crippen molar-refractivity contribution in [2.75, 3.05) is 0 Å². The average molecular weight is 290 g/mol. The van der Waals surface area contributed by atoms with Crippen LogP contribution >= 0.6 is 11.6 Å². The van der Waals surface area contributed by atoms with Crippen LogP contribution in [0.25, 0.3) is 5.65 Å². The molecule has 0 saturated heterocycles. The molecule has 0 N–H and O–H groups in total. The minimum atomic E-state index is -4.80. The Balaban J connectivity index is 2.67. The molecule has 0 radical (unpaired) electrons. The van der Waals surface area contributed by atoms with E-state index in [1.807, 2.05) is 0 Å². The highest BCUT2D eigenvalue weighted by Gasteiger charge is 2.37. The highest BCUT2D eigenvalue weighted by atomic mass is 35.5. The van der Waals surface area contributed by atoms with Crippen LogP contribution in [0.15, 0.2) is 12.1 Å². The lowest BCUT2D eigenvalue weighted by atomic mass is 10.4. The molecule has 18 heavy (non-hydrogen) atoms. The molecule has 2 aromatic rings. The second kappa shape index (κ2) is 3.74. The molecule has 2 heterocycles. The van der Waals surface area contributed by atoms with Gasteiger partial charge in [-0.3, -0.25) is 0 Å². The van der Waals surface area contributed by atoms with Gasteiger partial charge in [-0.05, 0) is 0 Å². The summed E-state index contributed by atoms with van der Waals surface area (Å²) in [5, 5.41) is 2.43. The summed E-state index contributed by atoms with van der Waals surface area (Å²) in [6.45, 7) is 0. The van der Waals surface area contributed by atoms with Gasteiger partial charge in [0.1, 0.15) is 10.8 Å². The predicted molar refractivity (Wildman–Crippen MR) is 48.0 cm³/mol. The second-order valence-corrected chi connectivity index (χ2v) is 3.65. The summed E-state index contributed by atoms with van der Waals surface area (Å²) in [7, 11) is 0. The van der Waals surface area contributed by atoms with Gasteiger partial charge in [-0.2, -0.15) is 31.4 Å². The van der Waals surface area contributed by atoms with Gasteiger partial charge in [0.2, 0.25) is 0 Å². The largest absolute Gasteiger partial charge is 0.435 e. The standard InChI is InChI=1S/C8H2ClF6N3/c9-5-1-3(7(10,11)12)16-6-2-4(8(13,14)15)17-18(5)6/h1-2H. The van der Waals surface area contributed by atoms with Crippen LogP contribution in [0.3, 0.4) is 0 Å². The molecule has 0 unspecified atom stereocenters. The summed E-state index contributed by atoms with van der Waals surface area (Å²) in [6, 6.07) is 0.794. The summed E-state index contributed by atoms with van der Waals surface area (Å²) in [6.07, 6.45) is -9.58. The Hall–Kier alpha value is -1.51. The Morgan fingerprint density at radius 1 is 0.944 bits per heavy atom. The van der Waals surface area contributed by atoms with E-state index in [4.69, 9.17) is 11.6 Å². The van der Waals surface area contributed by atoms with Crippen molar-refractivity contribution in [3.05, 3.63) is 28.7 Å².